The predicted molar refractivity (Wildman–Crippen MR) is 77.5 cm³/mol. The Bertz CT molecular complexity index is 324. The molecule has 0 aliphatic carbocycles. The van der Waals surface area contributed by atoms with Crippen molar-refractivity contribution in [2.24, 2.45) is 5.92 Å². The molecule has 0 saturated carbocycles. The van der Waals surface area contributed by atoms with Gasteiger partial charge < -0.3 is 14.8 Å². The van der Waals surface area contributed by atoms with Gasteiger partial charge in [0.2, 0.25) is 0 Å². The van der Waals surface area contributed by atoms with Crippen molar-refractivity contribution in [2.75, 3.05) is 13.7 Å². The summed E-state index contributed by atoms with van der Waals surface area (Å²) in [4.78, 5) is 23.0. The molecular formula is C14H28N2O4. The number of esters is 1. The highest BCUT2D eigenvalue weighted by Gasteiger charge is 2.22. The number of ether oxygens (including phenoxy) is 2. The number of methoxy groups -OCH3 is 1. The zero-order valence-corrected chi connectivity index (χ0v) is 13.6. The topological polar surface area (TPSA) is 76.7 Å². The average molecular weight is 288 g/mol. The predicted octanol–water partition coefficient (Wildman–Crippen LogP) is 1.69. The summed E-state index contributed by atoms with van der Waals surface area (Å²) in [6.45, 7) is 11.6. The molecule has 118 valence electrons. The van der Waals surface area contributed by atoms with E-state index in [2.05, 4.69) is 15.4 Å². The van der Waals surface area contributed by atoms with E-state index in [1.807, 2.05) is 34.6 Å². The molecule has 0 radical (unpaired) electrons. The van der Waals surface area contributed by atoms with Gasteiger partial charge in [-0.3, -0.25) is 10.1 Å². The third-order valence-corrected chi connectivity index (χ3v) is 2.69. The Morgan fingerprint density at radius 1 is 1.15 bits per heavy atom. The maximum atomic E-state index is 11.6. The van der Waals surface area contributed by atoms with Crippen LogP contribution in [-0.4, -0.2) is 43.4 Å². The van der Waals surface area contributed by atoms with E-state index >= 15 is 0 Å². The van der Waals surface area contributed by atoms with Gasteiger partial charge in [0, 0.05) is 12.6 Å². The number of hydrogen-bond acceptors (Lipinski definition) is 5. The number of nitrogens with one attached hydrogen (secondary N) is 2. The zero-order valence-electron chi connectivity index (χ0n) is 13.6. The minimum Gasteiger partial charge on any atom is -0.468 e. The Hall–Kier alpha value is -1.30. The lowest BCUT2D eigenvalue weighted by molar-refractivity contribution is -0.142. The minimum atomic E-state index is -0.524. The average Bonchev–Trinajstić information content (AvgIpc) is 2.30. The van der Waals surface area contributed by atoms with Gasteiger partial charge in [0.05, 0.1) is 7.11 Å². The summed E-state index contributed by atoms with van der Waals surface area (Å²) in [7, 11) is 1.35. The smallest absolute Gasteiger partial charge is 0.407 e. The Labute approximate surface area is 121 Å². The van der Waals surface area contributed by atoms with Crippen molar-refractivity contribution in [2.45, 2.75) is 59.2 Å². The van der Waals surface area contributed by atoms with Gasteiger partial charge in [0.25, 0.3) is 0 Å². The molecule has 0 fully saturated rings. The maximum Gasteiger partial charge on any atom is 0.407 e. The van der Waals surface area contributed by atoms with E-state index in [-0.39, 0.29) is 17.9 Å². The third kappa shape index (κ3) is 7.99. The van der Waals surface area contributed by atoms with Crippen LogP contribution in [0.2, 0.25) is 0 Å². The summed E-state index contributed by atoms with van der Waals surface area (Å²) in [6, 6.07) is -0.468. The van der Waals surface area contributed by atoms with Crippen molar-refractivity contribution in [1.29, 1.82) is 0 Å². The van der Waals surface area contributed by atoms with Crippen LogP contribution in [0.4, 0.5) is 4.79 Å². The highest BCUT2D eigenvalue weighted by molar-refractivity contribution is 5.75. The van der Waals surface area contributed by atoms with Crippen LogP contribution in [-0.2, 0) is 14.3 Å². The van der Waals surface area contributed by atoms with Gasteiger partial charge in [0.15, 0.2) is 0 Å². The molecule has 0 aromatic heterocycles. The second-order valence-electron chi connectivity index (χ2n) is 6.14. The van der Waals surface area contributed by atoms with E-state index in [0.29, 0.717) is 6.54 Å². The number of rotatable bonds is 6. The van der Waals surface area contributed by atoms with Crippen molar-refractivity contribution >= 4 is 12.1 Å². The van der Waals surface area contributed by atoms with E-state index in [1.54, 1.807) is 6.92 Å². The molecule has 1 amide bonds. The molecule has 0 heterocycles. The van der Waals surface area contributed by atoms with Gasteiger partial charge in [0.1, 0.15) is 11.6 Å². The first-order valence-corrected chi connectivity index (χ1v) is 6.87. The number of hydrogen-bond donors (Lipinski definition) is 2. The Balaban J connectivity index is 4.36. The van der Waals surface area contributed by atoms with Gasteiger partial charge in [-0.25, -0.2) is 4.79 Å². The van der Waals surface area contributed by atoms with E-state index in [4.69, 9.17) is 4.74 Å². The van der Waals surface area contributed by atoms with Gasteiger partial charge in [-0.2, -0.15) is 0 Å². The summed E-state index contributed by atoms with van der Waals surface area (Å²) >= 11 is 0. The Kier molecular flexibility index (Phi) is 7.57. The lowest BCUT2D eigenvalue weighted by atomic mass is 10.0. The zero-order chi connectivity index (χ0) is 15.9. The van der Waals surface area contributed by atoms with Gasteiger partial charge >= 0.3 is 12.1 Å². The van der Waals surface area contributed by atoms with Crippen LogP contribution in [0, 0.1) is 5.92 Å². The molecule has 0 aliphatic heterocycles. The van der Waals surface area contributed by atoms with E-state index in [0.717, 1.165) is 0 Å². The number of carbonyl (C=O) groups is 2. The molecule has 0 aromatic carbocycles. The standard InChI is InChI=1S/C14H28N2O4/c1-9(2)11(16-10(3)12(17)19-7)8-15-13(18)20-14(4,5)6/h9-11,16H,8H2,1-7H3,(H,15,18). The molecular weight excluding hydrogens is 260 g/mol. The van der Waals surface area contributed by atoms with Crippen LogP contribution in [0.25, 0.3) is 0 Å². The van der Waals surface area contributed by atoms with Crippen molar-refractivity contribution in [3.8, 4) is 0 Å². The normalized spacial score (nSPS) is 14.6. The summed E-state index contributed by atoms with van der Waals surface area (Å²) in [5.74, 6) is -0.0787. The van der Waals surface area contributed by atoms with Gasteiger partial charge in [-0.15, -0.1) is 0 Å². The molecule has 2 atom stereocenters. The molecule has 0 saturated heterocycles. The largest absolute Gasteiger partial charge is 0.468 e. The van der Waals surface area contributed by atoms with Crippen LogP contribution >= 0.6 is 0 Å². The van der Waals surface area contributed by atoms with E-state index in [9.17, 15) is 9.59 Å². The highest BCUT2D eigenvalue weighted by Crippen LogP contribution is 2.07. The summed E-state index contributed by atoms with van der Waals surface area (Å²) in [6.07, 6.45) is -0.462. The van der Waals surface area contributed by atoms with Crippen LogP contribution in [0.15, 0.2) is 0 Å². The van der Waals surface area contributed by atoms with Crippen molar-refractivity contribution in [1.82, 2.24) is 10.6 Å². The second kappa shape index (κ2) is 8.09. The molecule has 0 bridgehead atoms. The summed E-state index contributed by atoms with van der Waals surface area (Å²) in [5, 5.41) is 5.85. The van der Waals surface area contributed by atoms with Crippen molar-refractivity contribution in [3.05, 3.63) is 0 Å². The molecule has 0 aliphatic rings. The number of carbonyl (C=O) groups excluding carboxylic acids is 2. The van der Waals surface area contributed by atoms with E-state index in [1.165, 1.54) is 7.11 Å². The summed E-state index contributed by atoms with van der Waals surface area (Å²) in [5.41, 5.74) is -0.524. The lowest BCUT2D eigenvalue weighted by Crippen LogP contribution is -2.50. The molecule has 2 unspecified atom stereocenters. The molecule has 20 heavy (non-hydrogen) atoms. The van der Waals surface area contributed by atoms with Gasteiger partial charge in [-0.1, -0.05) is 13.8 Å². The minimum absolute atomic E-state index is 0.0448. The molecule has 2 N–H and O–H groups in total. The fourth-order valence-electron chi connectivity index (χ4n) is 1.56. The maximum absolute atomic E-state index is 11.6. The quantitative estimate of drug-likeness (QED) is 0.727. The van der Waals surface area contributed by atoms with Crippen molar-refractivity contribution in [3.63, 3.8) is 0 Å². The van der Waals surface area contributed by atoms with Gasteiger partial charge in [-0.05, 0) is 33.6 Å². The van der Waals surface area contributed by atoms with Crippen LogP contribution < -0.4 is 10.6 Å². The summed E-state index contributed by atoms with van der Waals surface area (Å²) < 4.78 is 9.84. The molecule has 6 heteroatoms. The fourth-order valence-corrected chi connectivity index (χ4v) is 1.56. The monoisotopic (exact) mass is 288 g/mol. The van der Waals surface area contributed by atoms with E-state index < -0.39 is 17.7 Å². The fraction of sp³-hybridized carbons (Fsp3) is 0.857. The first-order chi connectivity index (χ1) is 9.06. The van der Waals surface area contributed by atoms with Crippen molar-refractivity contribution < 1.29 is 19.1 Å². The SMILES string of the molecule is COC(=O)C(C)NC(CNC(=O)OC(C)(C)C)C(C)C. The number of amides is 1. The molecule has 0 rings (SSSR count). The second-order valence-corrected chi connectivity index (χ2v) is 6.14. The first kappa shape index (κ1) is 18.7. The van der Waals surface area contributed by atoms with Crippen LogP contribution in [0.3, 0.4) is 0 Å². The lowest BCUT2D eigenvalue weighted by Gasteiger charge is -2.26. The molecule has 0 aromatic rings. The first-order valence-electron chi connectivity index (χ1n) is 6.87. The highest BCUT2D eigenvalue weighted by atomic mass is 16.6. The Morgan fingerprint density at radius 2 is 1.70 bits per heavy atom. The molecule has 0 spiro atoms. The number of alkyl carbamates (subject to hydrolysis) is 1. The Morgan fingerprint density at radius 3 is 2.10 bits per heavy atom. The van der Waals surface area contributed by atoms with Crippen LogP contribution in [0.5, 0.6) is 0 Å². The molecule has 6 nitrogen and oxygen atoms in total. The third-order valence-electron chi connectivity index (χ3n) is 2.69. The van der Waals surface area contributed by atoms with Crippen LogP contribution in [0.1, 0.15) is 41.5 Å².